The van der Waals surface area contributed by atoms with E-state index in [1.165, 1.54) is 18.9 Å². The van der Waals surface area contributed by atoms with E-state index in [4.69, 9.17) is 4.42 Å². The van der Waals surface area contributed by atoms with Gasteiger partial charge in [-0.15, -0.1) is 0 Å². The summed E-state index contributed by atoms with van der Waals surface area (Å²) in [4.78, 5) is 24.2. The molecule has 7 heteroatoms. The van der Waals surface area contributed by atoms with Crippen molar-refractivity contribution in [3.63, 3.8) is 0 Å². The zero-order valence-electron chi connectivity index (χ0n) is 23.3. The Morgan fingerprint density at radius 1 is 1.05 bits per heavy atom. The first-order valence-electron chi connectivity index (χ1n) is 15.3. The number of hydrogen-bond acceptors (Lipinski definition) is 5. The smallest absolute Gasteiger partial charge is 0.335 e. The molecule has 0 aromatic carbocycles. The number of rotatable bonds is 4. The van der Waals surface area contributed by atoms with Gasteiger partial charge < -0.3 is 25.5 Å². The van der Waals surface area contributed by atoms with Crippen molar-refractivity contribution in [1.29, 1.82) is 0 Å². The Kier molecular flexibility index (Phi) is 6.91. The number of hydrogen-bond donors (Lipinski definition) is 4. The fourth-order valence-corrected chi connectivity index (χ4v) is 10.0. The predicted molar refractivity (Wildman–Crippen MR) is 147 cm³/mol. The van der Waals surface area contributed by atoms with Crippen LogP contribution in [0.5, 0.6) is 0 Å². The van der Waals surface area contributed by atoms with Crippen molar-refractivity contribution < 1.29 is 14.3 Å². The maximum atomic E-state index is 12.7. The SMILES string of the molecule is C[C@]12CC[C@H](NC(=O)NCC3CCCCN3)C[C@H]1CCC1C2CC[C@]2(C)[C@@H](c3ccc(=O)oc3)CC[C@]12O. The van der Waals surface area contributed by atoms with Gasteiger partial charge >= 0.3 is 11.7 Å². The summed E-state index contributed by atoms with van der Waals surface area (Å²) in [6.45, 7) is 6.54. The maximum Gasteiger partial charge on any atom is 0.335 e. The van der Waals surface area contributed by atoms with Crippen molar-refractivity contribution in [2.75, 3.05) is 13.1 Å². The minimum absolute atomic E-state index is 0.0175. The topological polar surface area (TPSA) is 104 Å². The Hall–Kier alpha value is -1.86. The molecule has 4 aliphatic carbocycles. The van der Waals surface area contributed by atoms with Crippen LogP contribution in [-0.4, -0.2) is 41.9 Å². The molecule has 3 unspecified atom stereocenters. The van der Waals surface area contributed by atoms with E-state index in [9.17, 15) is 14.7 Å². The highest BCUT2D eigenvalue weighted by molar-refractivity contribution is 5.74. The van der Waals surface area contributed by atoms with Crippen LogP contribution in [0.3, 0.4) is 0 Å². The summed E-state index contributed by atoms with van der Waals surface area (Å²) in [5.74, 6) is 1.67. The molecule has 0 bridgehead atoms. The molecular formula is C31H47N3O4. The summed E-state index contributed by atoms with van der Waals surface area (Å²) in [7, 11) is 0. The lowest BCUT2D eigenvalue weighted by atomic mass is 9.43. The predicted octanol–water partition coefficient (Wildman–Crippen LogP) is 4.69. The largest absolute Gasteiger partial charge is 0.431 e. The number of carbonyl (C=O) groups excluding carboxylic acids is 1. The van der Waals surface area contributed by atoms with Crippen molar-refractivity contribution in [1.82, 2.24) is 16.0 Å². The van der Waals surface area contributed by atoms with Gasteiger partial charge in [0.2, 0.25) is 0 Å². The van der Waals surface area contributed by atoms with E-state index < -0.39 is 5.60 Å². The molecule has 4 saturated carbocycles. The number of nitrogens with one attached hydrogen (secondary N) is 3. The Labute approximate surface area is 226 Å². The van der Waals surface area contributed by atoms with Gasteiger partial charge in [0.05, 0.1) is 11.9 Å². The number of aliphatic hydroxyl groups is 1. The lowest BCUT2D eigenvalue weighted by molar-refractivity contribution is -0.201. The number of urea groups is 1. The molecule has 7 nitrogen and oxygen atoms in total. The van der Waals surface area contributed by atoms with Crippen molar-refractivity contribution in [2.45, 2.75) is 114 Å². The summed E-state index contributed by atoms with van der Waals surface area (Å²) < 4.78 is 5.23. The van der Waals surface area contributed by atoms with Crippen LogP contribution < -0.4 is 21.6 Å². The molecule has 9 atom stereocenters. The minimum atomic E-state index is -0.674. The highest BCUT2D eigenvalue weighted by Gasteiger charge is 2.67. The number of piperidine rings is 1. The molecule has 0 spiro atoms. The average Bonchev–Trinajstić information content (AvgIpc) is 3.20. The van der Waals surface area contributed by atoms with Gasteiger partial charge in [-0.25, -0.2) is 9.59 Å². The molecule has 2 amide bonds. The van der Waals surface area contributed by atoms with Gasteiger partial charge in [-0.2, -0.15) is 0 Å². The second-order valence-corrected chi connectivity index (χ2v) is 13.8. The molecule has 5 aliphatic rings. The number of fused-ring (bicyclic) bond motifs is 5. The van der Waals surface area contributed by atoms with E-state index in [-0.39, 0.29) is 34.4 Å². The van der Waals surface area contributed by atoms with Gasteiger partial charge in [0.1, 0.15) is 0 Å². The van der Waals surface area contributed by atoms with Crippen LogP contribution in [-0.2, 0) is 0 Å². The Balaban J connectivity index is 1.11. The molecule has 6 rings (SSSR count). The second kappa shape index (κ2) is 9.96. The molecule has 0 radical (unpaired) electrons. The fourth-order valence-electron chi connectivity index (χ4n) is 10.0. The van der Waals surface area contributed by atoms with E-state index in [2.05, 4.69) is 29.8 Å². The first kappa shape index (κ1) is 26.4. The van der Waals surface area contributed by atoms with Gasteiger partial charge in [0.25, 0.3) is 0 Å². The number of amides is 2. The number of carbonyl (C=O) groups is 1. The summed E-state index contributed by atoms with van der Waals surface area (Å²) in [6.07, 6.45) is 14.6. The van der Waals surface area contributed by atoms with E-state index >= 15 is 0 Å². The molecular weight excluding hydrogens is 478 g/mol. The molecule has 1 aromatic rings. The van der Waals surface area contributed by atoms with E-state index in [0.29, 0.717) is 30.3 Å². The van der Waals surface area contributed by atoms with Gasteiger partial charge in [-0.3, -0.25) is 0 Å². The van der Waals surface area contributed by atoms with E-state index in [0.717, 1.165) is 76.3 Å². The minimum Gasteiger partial charge on any atom is -0.431 e. The summed E-state index contributed by atoms with van der Waals surface area (Å²) in [6, 6.07) is 4.06. The Morgan fingerprint density at radius 3 is 2.68 bits per heavy atom. The standard InChI is InChI=1S/C31H47N3O4/c1-29-13-10-22(34-28(36)33-18-23-5-3-4-16-32-23)17-21(29)7-8-26-25(29)11-14-30(2)24(12-15-31(26,30)37)20-6-9-27(35)38-19-20/h6,9,19,21-26,32,37H,3-5,7-8,10-18H2,1-2H3,(H2,33,34,36)/t21-,22+,23?,24-,25?,26?,29+,30-,31+/m1/s1. The van der Waals surface area contributed by atoms with Crippen molar-refractivity contribution in [3.8, 4) is 0 Å². The van der Waals surface area contributed by atoms with E-state index in [1.54, 1.807) is 6.26 Å². The third kappa shape index (κ3) is 4.32. The molecule has 1 saturated heterocycles. The summed E-state index contributed by atoms with van der Waals surface area (Å²) in [5, 5.41) is 22.3. The maximum absolute atomic E-state index is 12.7. The van der Waals surface area contributed by atoms with Crippen LogP contribution in [0, 0.1) is 28.6 Å². The monoisotopic (exact) mass is 525 g/mol. The normalized spacial score (nSPS) is 44.4. The molecule has 1 aliphatic heterocycles. The van der Waals surface area contributed by atoms with Crippen LogP contribution in [0.4, 0.5) is 4.79 Å². The first-order valence-corrected chi connectivity index (χ1v) is 15.3. The average molecular weight is 526 g/mol. The fraction of sp³-hybridized carbons (Fsp3) is 0.806. The van der Waals surface area contributed by atoms with Gasteiger partial charge in [-0.05, 0) is 118 Å². The highest BCUT2D eigenvalue weighted by Crippen LogP contribution is 2.70. The summed E-state index contributed by atoms with van der Waals surface area (Å²) >= 11 is 0. The lowest BCUT2D eigenvalue weighted by Gasteiger charge is -2.63. The molecule has 5 fully saturated rings. The third-order valence-electron chi connectivity index (χ3n) is 12.2. The molecule has 4 N–H and O–H groups in total. The molecule has 2 heterocycles. The molecule has 38 heavy (non-hydrogen) atoms. The second-order valence-electron chi connectivity index (χ2n) is 13.8. The Bertz CT molecular complexity index is 1060. The third-order valence-corrected chi connectivity index (χ3v) is 12.2. The van der Waals surface area contributed by atoms with Gasteiger partial charge in [0.15, 0.2) is 0 Å². The highest BCUT2D eigenvalue weighted by atomic mass is 16.4. The van der Waals surface area contributed by atoms with Crippen LogP contribution in [0.25, 0.3) is 0 Å². The first-order chi connectivity index (χ1) is 18.2. The van der Waals surface area contributed by atoms with Crippen molar-refractivity contribution in [2.24, 2.45) is 28.6 Å². The van der Waals surface area contributed by atoms with Gasteiger partial charge in [-0.1, -0.05) is 20.3 Å². The quantitative estimate of drug-likeness (QED) is 0.457. The van der Waals surface area contributed by atoms with Crippen molar-refractivity contribution in [3.05, 3.63) is 34.4 Å². The van der Waals surface area contributed by atoms with Crippen molar-refractivity contribution >= 4 is 6.03 Å². The molecule has 210 valence electrons. The van der Waals surface area contributed by atoms with Crippen LogP contribution in [0.15, 0.2) is 27.6 Å². The van der Waals surface area contributed by atoms with Gasteiger partial charge in [0, 0.05) is 30.1 Å². The summed E-state index contributed by atoms with van der Waals surface area (Å²) in [5.41, 5.74) is 0.100. The van der Waals surface area contributed by atoms with E-state index in [1.807, 2.05) is 6.07 Å². The van der Waals surface area contributed by atoms with Crippen LogP contribution >= 0.6 is 0 Å². The molecule has 1 aromatic heterocycles. The Morgan fingerprint density at radius 2 is 1.92 bits per heavy atom. The zero-order chi connectivity index (χ0) is 26.5. The van der Waals surface area contributed by atoms with Crippen LogP contribution in [0.2, 0.25) is 0 Å². The van der Waals surface area contributed by atoms with Crippen LogP contribution in [0.1, 0.15) is 102 Å². The zero-order valence-corrected chi connectivity index (χ0v) is 23.3. The lowest BCUT2D eigenvalue weighted by Crippen LogP contribution is -2.62.